The Morgan fingerprint density at radius 1 is 0.931 bits per heavy atom. The number of para-hydroxylation sites is 1. The summed E-state index contributed by atoms with van der Waals surface area (Å²) in [6, 6.07) is 20.3. The Kier molecular flexibility index (Phi) is 7.87. The smallest absolute Gasteiger partial charge is 0.222 e. The predicted molar refractivity (Wildman–Crippen MR) is 119 cm³/mol. The van der Waals surface area contributed by atoms with Gasteiger partial charge in [-0.05, 0) is 38.8 Å². The first kappa shape index (κ1) is 21.1. The third-order valence-electron chi connectivity index (χ3n) is 4.81. The van der Waals surface area contributed by atoms with E-state index in [9.17, 15) is 4.79 Å². The molecule has 0 saturated carbocycles. The van der Waals surface area contributed by atoms with Crippen molar-refractivity contribution >= 4 is 17.7 Å². The fourth-order valence-electron chi connectivity index (χ4n) is 3.22. The lowest BCUT2D eigenvalue weighted by Gasteiger charge is -2.18. The number of hydrogen-bond acceptors (Lipinski definition) is 4. The molecule has 0 atom stereocenters. The molecule has 0 bridgehead atoms. The standard InChI is InChI=1S/C23H28N4OS/c1-3-26(4-2)21(28)17-11-12-18-29-23-25-24-22(19-13-7-5-8-14-19)27(23)20-15-9-6-10-16-20/h5-10,13-16H,3-4,11-12,17-18H2,1-2H3. The average Bonchev–Trinajstić information content (AvgIpc) is 3.19. The number of hydrogen-bond donors (Lipinski definition) is 0. The van der Waals surface area contributed by atoms with Crippen LogP contribution in [0.15, 0.2) is 65.8 Å². The molecule has 152 valence electrons. The van der Waals surface area contributed by atoms with E-state index in [2.05, 4.69) is 39.0 Å². The van der Waals surface area contributed by atoms with E-state index in [1.54, 1.807) is 11.8 Å². The molecule has 0 saturated heterocycles. The van der Waals surface area contributed by atoms with Gasteiger partial charge in [-0.25, -0.2) is 0 Å². The Balaban J connectivity index is 1.67. The maximum Gasteiger partial charge on any atom is 0.222 e. The van der Waals surface area contributed by atoms with Crippen molar-refractivity contribution in [1.82, 2.24) is 19.7 Å². The minimum atomic E-state index is 0.249. The molecule has 0 unspecified atom stereocenters. The second-order valence-corrected chi connectivity index (χ2v) is 7.78. The van der Waals surface area contributed by atoms with Gasteiger partial charge in [-0.3, -0.25) is 9.36 Å². The zero-order chi connectivity index (χ0) is 20.5. The molecule has 0 fully saturated rings. The molecular weight excluding hydrogens is 380 g/mol. The van der Waals surface area contributed by atoms with Gasteiger partial charge in [-0.1, -0.05) is 60.3 Å². The van der Waals surface area contributed by atoms with Crippen LogP contribution in [-0.4, -0.2) is 44.4 Å². The SMILES string of the molecule is CCN(CC)C(=O)CCCCSc1nnc(-c2ccccc2)n1-c1ccccc1. The molecule has 0 radical (unpaired) electrons. The Labute approximate surface area is 177 Å². The number of amides is 1. The highest BCUT2D eigenvalue weighted by atomic mass is 32.2. The first-order valence-corrected chi connectivity index (χ1v) is 11.2. The Morgan fingerprint density at radius 3 is 2.24 bits per heavy atom. The summed E-state index contributed by atoms with van der Waals surface area (Å²) in [6.45, 7) is 5.62. The number of rotatable bonds is 10. The monoisotopic (exact) mass is 408 g/mol. The van der Waals surface area contributed by atoms with Crippen molar-refractivity contribution in [1.29, 1.82) is 0 Å². The molecular formula is C23H28N4OS. The lowest BCUT2D eigenvalue weighted by Crippen LogP contribution is -2.30. The number of carbonyl (C=O) groups is 1. The molecule has 29 heavy (non-hydrogen) atoms. The van der Waals surface area contributed by atoms with Crippen LogP contribution in [0.3, 0.4) is 0 Å². The second-order valence-electron chi connectivity index (χ2n) is 6.71. The summed E-state index contributed by atoms with van der Waals surface area (Å²) in [5.41, 5.74) is 2.09. The molecule has 0 aliphatic rings. The van der Waals surface area contributed by atoms with Gasteiger partial charge in [-0.15, -0.1) is 10.2 Å². The van der Waals surface area contributed by atoms with Gasteiger partial charge < -0.3 is 4.90 Å². The van der Waals surface area contributed by atoms with Crippen molar-refractivity contribution < 1.29 is 4.79 Å². The van der Waals surface area contributed by atoms with Crippen LogP contribution in [0, 0.1) is 0 Å². The Hall–Kier alpha value is -2.60. The summed E-state index contributed by atoms with van der Waals surface area (Å²) >= 11 is 1.69. The number of aromatic nitrogens is 3. The van der Waals surface area contributed by atoms with Crippen LogP contribution in [0.2, 0.25) is 0 Å². The first-order valence-electron chi connectivity index (χ1n) is 10.2. The van der Waals surface area contributed by atoms with E-state index in [4.69, 9.17) is 0 Å². The van der Waals surface area contributed by atoms with Gasteiger partial charge in [0.05, 0.1) is 0 Å². The van der Waals surface area contributed by atoms with Crippen LogP contribution >= 0.6 is 11.8 Å². The molecule has 3 aromatic rings. The van der Waals surface area contributed by atoms with E-state index in [0.717, 1.165) is 53.9 Å². The number of nitrogens with zero attached hydrogens (tertiary/aromatic N) is 4. The van der Waals surface area contributed by atoms with Crippen LogP contribution < -0.4 is 0 Å². The molecule has 6 heteroatoms. The van der Waals surface area contributed by atoms with Crippen molar-refractivity contribution in [3.63, 3.8) is 0 Å². The van der Waals surface area contributed by atoms with Gasteiger partial charge in [0.1, 0.15) is 0 Å². The van der Waals surface area contributed by atoms with Crippen LogP contribution in [0.4, 0.5) is 0 Å². The molecule has 1 aromatic heterocycles. The third kappa shape index (κ3) is 5.48. The van der Waals surface area contributed by atoms with Crippen molar-refractivity contribution in [3.8, 4) is 17.1 Å². The topological polar surface area (TPSA) is 51.0 Å². The van der Waals surface area contributed by atoms with E-state index < -0.39 is 0 Å². The van der Waals surface area contributed by atoms with Gasteiger partial charge in [-0.2, -0.15) is 0 Å². The highest BCUT2D eigenvalue weighted by Crippen LogP contribution is 2.28. The van der Waals surface area contributed by atoms with Gasteiger partial charge in [0.25, 0.3) is 0 Å². The highest BCUT2D eigenvalue weighted by Gasteiger charge is 2.16. The maximum atomic E-state index is 12.1. The lowest BCUT2D eigenvalue weighted by molar-refractivity contribution is -0.130. The summed E-state index contributed by atoms with van der Waals surface area (Å²) < 4.78 is 2.11. The van der Waals surface area contributed by atoms with Crippen LogP contribution in [-0.2, 0) is 4.79 Å². The quantitative estimate of drug-likeness (QED) is 0.347. The third-order valence-corrected chi connectivity index (χ3v) is 5.83. The second kappa shape index (κ2) is 10.8. The number of benzene rings is 2. The fraction of sp³-hybridized carbons (Fsp3) is 0.348. The van der Waals surface area contributed by atoms with Gasteiger partial charge >= 0.3 is 0 Å². The summed E-state index contributed by atoms with van der Waals surface area (Å²) in [5.74, 6) is 2.00. The van der Waals surface area contributed by atoms with Gasteiger partial charge in [0.2, 0.25) is 5.91 Å². The zero-order valence-corrected chi connectivity index (χ0v) is 17.9. The molecule has 1 amide bonds. The maximum absolute atomic E-state index is 12.1. The predicted octanol–water partition coefficient (Wildman–Crippen LogP) is 5.07. The van der Waals surface area contributed by atoms with E-state index >= 15 is 0 Å². The largest absolute Gasteiger partial charge is 0.343 e. The molecule has 5 nitrogen and oxygen atoms in total. The minimum absolute atomic E-state index is 0.249. The Morgan fingerprint density at radius 2 is 1.59 bits per heavy atom. The molecule has 0 aliphatic heterocycles. The minimum Gasteiger partial charge on any atom is -0.343 e. The van der Waals surface area contributed by atoms with Crippen molar-refractivity contribution in [3.05, 3.63) is 60.7 Å². The van der Waals surface area contributed by atoms with E-state index in [-0.39, 0.29) is 5.91 Å². The molecule has 3 rings (SSSR count). The molecule has 2 aromatic carbocycles. The van der Waals surface area contributed by atoms with Crippen LogP contribution in [0.5, 0.6) is 0 Å². The zero-order valence-electron chi connectivity index (χ0n) is 17.1. The average molecular weight is 409 g/mol. The first-order chi connectivity index (χ1) is 14.2. The van der Waals surface area contributed by atoms with E-state index in [1.807, 2.05) is 55.1 Å². The van der Waals surface area contributed by atoms with E-state index in [1.165, 1.54) is 0 Å². The lowest BCUT2D eigenvalue weighted by atomic mass is 10.2. The van der Waals surface area contributed by atoms with Gasteiger partial charge in [0.15, 0.2) is 11.0 Å². The van der Waals surface area contributed by atoms with Crippen molar-refractivity contribution in [2.24, 2.45) is 0 Å². The molecule has 1 heterocycles. The highest BCUT2D eigenvalue weighted by molar-refractivity contribution is 7.99. The summed E-state index contributed by atoms with van der Waals surface area (Å²) in [5, 5.41) is 9.80. The van der Waals surface area contributed by atoms with Crippen LogP contribution in [0.1, 0.15) is 33.1 Å². The Bertz CT molecular complexity index is 892. The number of thioether (sulfide) groups is 1. The summed E-state index contributed by atoms with van der Waals surface area (Å²) in [6.07, 6.45) is 2.48. The number of unbranched alkanes of at least 4 members (excludes halogenated alkanes) is 1. The number of carbonyl (C=O) groups excluding carboxylic acids is 1. The molecule has 0 spiro atoms. The summed E-state index contributed by atoms with van der Waals surface area (Å²) in [4.78, 5) is 14.0. The van der Waals surface area contributed by atoms with Gasteiger partial charge in [0, 0.05) is 36.5 Å². The normalized spacial score (nSPS) is 10.8. The van der Waals surface area contributed by atoms with Crippen molar-refractivity contribution in [2.75, 3.05) is 18.8 Å². The molecule has 0 aliphatic carbocycles. The fourth-order valence-corrected chi connectivity index (χ4v) is 4.17. The van der Waals surface area contributed by atoms with E-state index in [0.29, 0.717) is 6.42 Å². The summed E-state index contributed by atoms with van der Waals surface area (Å²) in [7, 11) is 0. The molecule has 0 N–H and O–H groups in total. The van der Waals surface area contributed by atoms with Crippen molar-refractivity contribution in [2.45, 2.75) is 38.3 Å². The van der Waals surface area contributed by atoms with Crippen LogP contribution in [0.25, 0.3) is 17.1 Å².